The topological polar surface area (TPSA) is 51.5 Å². The van der Waals surface area contributed by atoms with Crippen LogP contribution in [-0.4, -0.2) is 41.5 Å². The Kier molecular flexibility index (Phi) is 7.26. The van der Waals surface area contributed by atoms with Crippen LogP contribution in [0.5, 0.6) is 11.5 Å². The summed E-state index contributed by atoms with van der Waals surface area (Å²) in [6, 6.07) is 6.05. The van der Waals surface area contributed by atoms with E-state index < -0.39 is 0 Å². The van der Waals surface area contributed by atoms with Crippen molar-refractivity contribution in [1.29, 1.82) is 0 Å². The molecule has 0 spiro atoms. The van der Waals surface area contributed by atoms with E-state index in [4.69, 9.17) is 21.7 Å². The van der Waals surface area contributed by atoms with Crippen molar-refractivity contribution in [2.75, 3.05) is 25.7 Å². The summed E-state index contributed by atoms with van der Waals surface area (Å²) in [5.74, 6) is 1.39. The lowest BCUT2D eigenvalue weighted by Crippen LogP contribution is -2.44. The highest BCUT2D eigenvalue weighted by Crippen LogP contribution is 2.32. The summed E-state index contributed by atoms with van der Waals surface area (Å²) in [5, 5.41) is 4.07. The number of aromatic nitrogens is 2. The first kappa shape index (κ1) is 20.0. The number of methoxy groups -OCH3 is 2. The molecule has 0 saturated carbocycles. The minimum absolute atomic E-state index is 0.212. The van der Waals surface area contributed by atoms with Crippen molar-refractivity contribution in [3.05, 3.63) is 36.4 Å². The lowest BCUT2D eigenvalue weighted by atomic mass is 10.2. The maximum Gasteiger partial charge on any atom is 0.173 e. The third-order valence-electron chi connectivity index (χ3n) is 4.15. The van der Waals surface area contributed by atoms with Crippen molar-refractivity contribution in [2.45, 2.75) is 39.8 Å². The van der Waals surface area contributed by atoms with E-state index in [1.165, 1.54) is 5.69 Å². The van der Waals surface area contributed by atoms with Gasteiger partial charge in [-0.1, -0.05) is 0 Å². The fourth-order valence-electron chi connectivity index (χ4n) is 2.78. The van der Waals surface area contributed by atoms with Gasteiger partial charge in [0, 0.05) is 42.8 Å². The van der Waals surface area contributed by atoms with Crippen LogP contribution in [-0.2, 0) is 6.54 Å². The Morgan fingerprint density at radius 3 is 2.58 bits per heavy atom. The van der Waals surface area contributed by atoms with Gasteiger partial charge in [-0.2, -0.15) is 0 Å². The molecule has 6 nitrogen and oxygen atoms in total. The third-order valence-corrected chi connectivity index (χ3v) is 4.49. The lowest BCUT2D eigenvalue weighted by molar-refractivity contribution is 0.355. The molecule has 26 heavy (non-hydrogen) atoms. The largest absolute Gasteiger partial charge is 0.493 e. The van der Waals surface area contributed by atoms with Gasteiger partial charge in [-0.05, 0) is 51.5 Å². The van der Waals surface area contributed by atoms with Gasteiger partial charge < -0.3 is 24.3 Å². The Labute approximate surface area is 161 Å². The smallest absolute Gasteiger partial charge is 0.173 e. The summed E-state index contributed by atoms with van der Waals surface area (Å²) in [6.45, 7) is 7.99. The van der Waals surface area contributed by atoms with Crippen LogP contribution in [0.25, 0.3) is 0 Å². The summed E-state index contributed by atoms with van der Waals surface area (Å²) >= 11 is 5.64. The van der Waals surface area contributed by atoms with Gasteiger partial charge in [0.25, 0.3) is 0 Å². The number of ether oxygens (including phenoxy) is 2. The maximum atomic E-state index is 5.64. The summed E-state index contributed by atoms with van der Waals surface area (Å²) < 4.78 is 12.9. The standard InChI is InChI=1S/C19H28N4O2S/c1-14(2)23(16-7-8-17(24-4)18(11-16)25-5)19(26)21-9-6-10-22-13-20-12-15(22)3/h7-8,11-14H,6,9-10H2,1-5H3,(H,21,26). The van der Waals surface area contributed by atoms with E-state index in [0.29, 0.717) is 16.6 Å². The first-order chi connectivity index (χ1) is 12.5. The molecule has 0 aliphatic heterocycles. The number of imidazole rings is 1. The molecule has 2 rings (SSSR count). The molecule has 7 heteroatoms. The van der Waals surface area contributed by atoms with Crippen molar-refractivity contribution in [2.24, 2.45) is 0 Å². The minimum Gasteiger partial charge on any atom is -0.493 e. The molecule has 1 aromatic heterocycles. The summed E-state index contributed by atoms with van der Waals surface area (Å²) in [7, 11) is 3.27. The van der Waals surface area contributed by atoms with E-state index in [-0.39, 0.29) is 6.04 Å². The molecule has 0 atom stereocenters. The SMILES string of the molecule is COc1ccc(N(C(=S)NCCCn2cncc2C)C(C)C)cc1OC. The molecule has 2 aromatic rings. The quantitative estimate of drug-likeness (QED) is 0.563. The molecule has 0 fully saturated rings. The third kappa shape index (κ3) is 4.88. The lowest BCUT2D eigenvalue weighted by Gasteiger charge is -2.30. The van der Waals surface area contributed by atoms with Gasteiger partial charge in [0.2, 0.25) is 0 Å². The highest BCUT2D eigenvalue weighted by molar-refractivity contribution is 7.80. The predicted octanol–water partition coefficient (Wildman–Crippen LogP) is 3.39. The molecular weight excluding hydrogens is 348 g/mol. The van der Waals surface area contributed by atoms with Crippen LogP contribution in [0.15, 0.2) is 30.7 Å². The average molecular weight is 377 g/mol. The van der Waals surface area contributed by atoms with Crippen LogP contribution >= 0.6 is 12.2 Å². The molecule has 1 aromatic carbocycles. The highest BCUT2D eigenvalue weighted by Gasteiger charge is 2.17. The number of rotatable bonds is 8. The second-order valence-electron chi connectivity index (χ2n) is 6.32. The summed E-state index contributed by atoms with van der Waals surface area (Å²) in [6.07, 6.45) is 4.70. The monoisotopic (exact) mass is 376 g/mol. The van der Waals surface area contributed by atoms with Gasteiger partial charge in [-0.3, -0.25) is 0 Å². The Hall–Kier alpha value is -2.28. The molecule has 0 unspecified atom stereocenters. The Morgan fingerprint density at radius 1 is 1.27 bits per heavy atom. The first-order valence-corrected chi connectivity index (χ1v) is 9.14. The zero-order chi connectivity index (χ0) is 19.1. The van der Waals surface area contributed by atoms with Crippen LogP contribution in [0.4, 0.5) is 5.69 Å². The number of hydrogen-bond acceptors (Lipinski definition) is 4. The van der Waals surface area contributed by atoms with Gasteiger partial charge in [-0.15, -0.1) is 0 Å². The van der Waals surface area contributed by atoms with E-state index >= 15 is 0 Å². The van der Waals surface area contributed by atoms with E-state index in [9.17, 15) is 0 Å². The first-order valence-electron chi connectivity index (χ1n) is 8.73. The summed E-state index contributed by atoms with van der Waals surface area (Å²) in [4.78, 5) is 6.23. The number of benzene rings is 1. The zero-order valence-electron chi connectivity index (χ0n) is 16.2. The Bertz CT molecular complexity index is 730. The van der Waals surface area contributed by atoms with E-state index in [2.05, 4.69) is 40.5 Å². The van der Waals surface area contributed by atoms with Crippen LogP contribution < -0.4 is 19.7 Å². The van der Waals surface area contributed by atoms with Crippen molar-refractivity contribution in [3.63, 3.8) is 0 Å². The molecule has 0 amide bonds. The van der Waals surface area contributed by atoms with Crippen molar-refractivity contribution >= 4 is 23.0 Å². The van der Waals surface area contributed by atoms with Gasteiger partial charge in [0.05, 0.1) is 20.5 Å². The van der Waals surface area contributed by atoms with Crippen molar-refractivity contribution in [1.82, 2.24) is 14.9 Å². The average Bonchev–Trinajstić information content (AvgIpc) is 3.03. The number of anilines is 1. The normalized spacial score (nSPS) is 10.7. The molecular formula is C19H28N4O2S. The van der Waals surface area contributed by atoms with Crippen LogP contribution in [0.1, 0.15) is 26.0 Å². The molecule has 0 aliphatic carbocycles. The number of thiocarbonyl (C=S) groups is 1. The van der Waals surface area contributed by atoms with Crippen molar-refractivity contribution in [3.8, 4) is 11.5 Å². The second kappa shape index (κ2) is 9.43. The van der Waals surface area contributed by atoms with Crippen LogP contribution in [0.2, 0.25) is 0 Å². The zero-order valence-corrected chi connectivity index (χ0v) is 17.0. The fourth-order valence-corrected chi connectivity index (χ4v) is 3.19. The number of hydrogen-bond donors (Lipinski definition) is 1. The van der Waals surface area contributed by atoms with E-state index in [0.717, 1.165) is 25.2 Å². The van der Waals surface area contributed by atoms with Crippen molar-refractivity contribution < 1.29 is 9.47 Å². The van der Waals surface area contributed by atoms with Crippen LogP contribution in [0, 0.1) is 6.92 Å². The number of nitrogens with zero attached hydrogens (tertiary/aromatic N) is 3. The van der Waals surface area contributed by atoms with Crippen LogP contribution in [0.3, 0.4) is 0 Å². The van der Waals surface area contributed by atoms with E-state index in [1.54, 1.807) is 14.2 Å². The number of nitrogens with one attached hydrogen (secondary N) is 1. The highest BCUT2D eigenvalue weighted by atomic mass is 32.1. The molecule has 1 N–H and O–H groups in total. The number of aryl methyl sites for hydroxylation is 2. The van der Waals surface area contributed by atoms with Gasteiger partial charge >= 0.3 is 0 Å². The fraction of sp³-hybridized carbons (Fsp3) is 0.474. The molecule has 0 aliphatic rings. The second-order valence-corrected chi connectivity index (χ2v) is 6.70. The Balaban J connectivity index is 2.00. The van der Waals surface area contributed by atoms with Gasteiger partial charge in [0.15, 0.2) is 16.6 Å². The van der Waals surface area contributed by atoms with Gasteiger partial charge in [0.1, 0.15) is 0 Å². The van der Waals surface area contributed by atoms with Gasteiger partial charge in [-0.25, -0.2) is 4.98 Å². The molecule has 1 heterocycles. The molecule has 142 valence electrons. The maximum absolute atomic E-state index is 5.64. The Morgan fingerprint density at radius 2 is 2.00 bits per heavy atom. The molecule has 0 saturated heterocycles. The molecule has 0 bridgehead atoms. The molecule has 0 radical (unpaired) electrons. The summed E-state index contributed by atoms with van der Waals surface area (Å²) in [5.41, 5.74) is 2.14. The van der Waals surface area contributed by atoms with E-state index in [1.807, 2.05) is 30.7 Å². The minimum atomic E-state index is 0.212. The predicted molar refractivity (Wildman–Crippen MR) is 109 cm³/mol.